The topological polar surface area (TPSA) is 133 Å². The summed E-state index contributed by atoms with van der Waals surface area (Å²) in [7, 11) is 0. The molecule has 0 bridgehead atoms. The number of thiophene rings is 1. The fourth-order valence-electron chi connectivity index (χ4n) is 3.64. The maximum absolute atomic E-state index is 12.9. The van der Waals surface area contributed by atoms with Crippen LogP contribution in [0.1, 0.15) is 36.0 Å². The molecule has 1 amide bonds. The molecule has 1 aromatic carbocycles. The first-order chi connectivity index (χ1) is 19.1. The minimum Gasteiger partial charge on any atom is -0.487 e. The van der Waals surface area contributed by atoms with Gasteiger partial charge < -0.3 is 24.8 Å². The quantitative estimate of drug-likeness (QED) is 0.212. The molecule has 40 heavy (non-hydrogen) atoms. The molecule has 0 radical (unpaired) electrons. The van der Waals surface area contributed by atoms with Gasteiger partial charge in [0.05, 0.1) is 17.6 Å². The number of carbonyl (C=O) groups is 4. The van der Waals surface area contributed by atoms with Gasteiger partial charge in [0.1, 0.15) is 18.1 Å². The number of Topliss-reactive ketones (excluding diaryl/α,β-unsaturated/α-hetero) is 1. The van der Waals surface area contributed by atoms with E-state index in [1.807, 2.05) is 0 Å². The van der Waals surface area contributed by atoms with Crippen molar-refractivity contribution in [3.05, 3.63) is 75.2 Å². The molecule has 0 unspecified atom stereocenters. The Morgan fingerprint density at radius 2 is 1.93 bits per heavy atom. The van der Waals surface area contributed by atoms with Crippen LogP contribution in [0.5, 0.6) is 11.5 Å². The molecular weight excluding hydrogens is 555 g/mol. The number of alkyl halides is 3. The van der Waals surface area contributed by atoms with E-state index in [0.717, 1.165) is 23.4 Å². The van der Waals surface area contributed by atoms with Gasteiger partial charge in [-0.15, -0.1) is 11.3 Å². The molecule has 210 valence electrons. The molecule has 3 heterocycles. The third-order valence-electron chi connectivity index (χ3n) is 5.57. The number of carbonyl (C=O) groups excluding carboxylic acids is 4. The van der Waals surface area contributed by atoms with Gasteiger partial charge in [0.25, 0.3) is 5.91 Å². The van der Waals surface area contributed by atoms with E-state index in [4.69, 9.17) is 9.47 Å². The summed E-state index contributed by atoms with van der Waals surface area (Å²) in [5.74, 6) is -4.65. The van der Waals surface area contributed by atoms with E-state index in [-0.39, 0.29) is 35.9 Å². The third kappa shape index (κ3) is 7.64. The van der Waals surface area contributed by atoms with Gasteiger partial charge in [0.15, 0.2) is 12.4 Å². The summed E-state index contributed by atoms with van der Waals surface area (Å²) < 4.78 is 51.6. The second-order valence-electron chi connectivity index (χ2n) is 8.44. The average Bonchev–Trinajstić information content (AvgIpc) is 3.38. The van der Waals surface area contributed by atoms with Crippen LogP contribution in [0.2, 0.25) is 0 Å². The highest BCUT2D eigenvalue weighted by molar-refractivity contribution is 7.14. The molecule has 1 aliphatic rings. The summed E-state index contributed by atoms with van der Waals surface area (Å²) in [6.07, 6.45) is -1.54. The van der Waals surface area contributed by atoms with Gasteiger partial charge in [0.2, 0.25) is 0 Å². The Balaban J connectivity index is 1.42. The third-order valence-corrected chi connectivity index (χ3v) is 6.80. The molecule has 0 saturated heterocycles. The Labute approximate surface area is 229 Å². The van der Waals surface area contributed by atoms with Crippen molar-refractivity contribution in [1.29, 1.82) is 0 Å². The van der Waals surface area contributed by atoms with Crippen molar-refractivity contribution in [2.45, 2.75) is 25.7 Å². The monoisotopic (exact) mass is 577 g/mol. The molecule has 0 saturated carbocycles. The number of hydrogen-bond acceptors (Lipinski definition) is 10. The second-order valence-corrected chi connectivity index (χ2v) is 9.58. The van der Waals surface area contributed by atoms with Crippen molar-refractivity contribution >= 4 is 35.0 Å². The minimum atomic E-state index is -5.34. The maximum Gasteiger partial charge on any atom is 0.491 e. The van der Waals surface area contributed by atoms with E-state index in [1.165, 1.54) is 41.9 Å². The van der Waals surface area contributed by atoms with Gasteiger partial charge in [-0.25, -0.2) is 9.59 Å². The minimum absolute atomic E-state index is 0.00124. The smallest absolute Gasteiger partial charge is 0.487 e. The van der Waals surface area contributed by atoms with Crippen LogP contribution in [0.3, 0.4) is 0 Å². The summed E-state index contributed by atoms with van der Waals surface area (Å²) >= 11 is 1.39. The van der Waals surface area contributed by atoms with Gasteiger partial charge in [-0.2, -0.15) is 13.2 Å². The Morgan fingerprint density at radius 3 is 2.65 bits per heavy atom. The summed E-state index contributed by atoms with van der Waals surface area (Å²) in [5.41, 5.74) is 1.50. The first-order valence-corrected chi connectivity index (χ1v) is 12.7. The highest BCUT2D eigenvalue weighted by Gasteiger charge is 2.42. The number of nitrogens with one attached hydrogen (secondary N) is 2. The molecule has 0 aliphatic carbocycles. The van der Waals surface area contributed by atoms with Crippen molar-refractivity contribution in [3.8, 4) is 11.5 Å². The van der Waals surface area contributed by atoms with Crippen LogP contribution in [-0.2, 0) is 33.9 Å². The Bertz CT molecular complexity index is 1390. The molecule has 3 aromatic rings. The fraction of sp³-hybridized carbons (Fsp3) is 0.269. The van der Waals surface area contributed by atoms with Crippen molar-refractivity contribution in [2.24, 2.45) is 0 Å². The zero-order chi connectivity index (χ0) is 28.7. The molecule has 0 spiro atoms. The first-order valence-electron chi connectivity index (χ1n) is 11.8. The molecule has 10 nitrogen and oxygen atoms in total. The lowest BCUT2D eigenvalue weighted by Crippen LogP contribution is -2.30. The zero-order valence-electron chi connectivity index (χ0n) is 20.7. The summed E-state index contributed by atoms with van der Waals surface area (Å²) in [4.78, 5) is 53.6. The molecule has 0 fully saturated rings. The number of fused-ring (bicyclic) bond motifs is 1. The number of nitrogens with zero attached hydrogens (tertiary/aromatic N) is 1. The number of halogens is 3. The highest BCUT2D eigenvalue weighted by atomic mass is 32.1. The second kappa shape index (κ2) is 12.7. The van der Waals surface area contributed by atoms with Gasteiger partial charge in [-0.1, -0.05) is 0 Å². The lowest BCUT2D eigenvalue weighted by atomic mass is 10.1. The van der Waals surface area contributed by atoms with E-state index in [1.54, 1.807) is 18.2 Å². The summed E-state index contributed by atoms with van der Waals surface area (Å²) in [6.45, 7) is 0.0546. The number of ether oxygens (including phenoxy) is 3. The van der Waals surface area contributed by atoms with Crippen LogP contribution in [0.4, 0.5) is 13.2 Å². The van der Waals surface area contributed by atoms with Gasteiger partial charge in [0, 0.05) is 35.3 Å². The molecule has 0 atom stereocenters. The predicted octanol–water partition coefficient (Wildman–Crippen LogP) is 2.99. The van der Waals surface area contributed by atoms with Crippen LogP contribution in [-0.4, -0.2) is 54.5 Å². The number of rotatable bonds is 10. The van der Waals surface area contributed by atoms with Crippen molar-refractivity contribution in [2.75, 3.05) is 19.7 Å². The van der Waals surface area contributed by atoms with Gasteiger partial charge >= 0.3 is 18.1 Å². The van der Waals surface area contributed by atoms with Crippen molar-refractivity contribution < 1.29 is 46.6 Å². The first kappa shape index (κ1) is 28.7. The Morgan fingerprint density at radius 1 is 1.10 bits per heavy atom. The van der Waals surface area contributed by atoms with E-state index in [2.05, 4.69) is 20.4 Å². The molecule has 4 rings (SSSR count). The number of hydrogen-bond donors (Lipinski definition) is 2. The number of esters is 2. The van der Waals surface area contributed by atoms with Gasteiger partial charge in [-0.3, -0.25) is 14.6 Å². The largest absolute Gasteiger partial charge is 0.491 e. The number of benzene rings is 1. The highest BCUT2D eigenvalue weighted by Crippen LogP contribution is 2.26. The van der Waals surface area contributed by atoms with Gasteiger partial charge in [-0.05, 0) is 48.4 Å². The summed E-state index contributed by atoms with van der Waals surface area (Å²) in [6, 6.07) is 9.14. The van der Waals surface area contributed by atoms with Crippen LogP contribution in [0.15, 0.2) is 48.8 Å². The fourth-order valence-corrected chi connectivity index (χ4v) is 4.74. The normalized spacial score (nSPS) is 12.7. The lowest BCUT2D eigenvalue weighted by Gasteiger charge is -2.14. The SMILES string of the molecule is O=C(COc1ccc(C(=O)CNC(=O)c2cc3c(s2)CCNC3)cc1COc1cccnc1)OC(=O)C(F)(F)F. The number of amides is 1. The average molecular weight is 578 g/mol. The predicted molar refractivity (Wildman–Crippen MR) is 134 cm³/mol. The van der Waals surface area contributed by atoms with E-state index < -0.39 is 30.5 Å². The number of aromatic nitrogens is 1. The maximum atomic E-state index is 12.9. The molecule has 2 aromatic heterocycles. The van der Waals surface area contributed by atoms with Crippen molar-refractivity contribution in [3.63, 3.8) is 0 Å². The standard InChI is InChI=1S/C26H22F3N3O7S/c27-26(28,29)25(36)39-23(34)14-38-20-4-3-15(8-17(20)13-37-18-2-1-6-30-11-18)19(33)12-32-24(35)22-9-16-10-31-7-5-21(16)40-22/h1-4,6,8-9,11,31H,5,7,10,12-14H2,(H,32,35). The number of ketones is 1. The molecule has 2 N–H and O–H groups in total. The Hall–Kier alpha value is -4.30. The lowest BCUT2D eigenvalue weighted by molar-refractivity contribution is -0.202. The number of pyridine rings is 1. The molecule has 14 heteroatoms. The van der Waals surface area contributed by atoms with E-state index in [0.29, 0.717) is 17.2 Å². The van der Waals surface area contributed by atoms with Crippen molar-refractivity contribution in [1.82, 2.24) is 15.6 Å². The van der Waals surface area contributed by atoms with Crippen LogP contribution < -0.4 is 20.1 Å². The Kier molecular flexibility index (Phi) is 9.11. The van der Waals surface area contributed by atoms with Crippen LogP contribution in [0, 0.1) is 0 Å². The molecule has 1 aliphatic heterocycles. The zero-order valence-corrected chi connectivity index (χ0v) is 21.5. The van der Waals surface area contributed by atoms with Crippen LogP contribution >= 0.6 is 11.3 Å². The van der Waals surface area contributed by atoms with E-state index in [9.17, 15) is 32.3 Å². The summed E-state index contributed by atoms with van der Waals surface area (Å²) in [5, 5.41) is 5.85. The molecular formula is C26H22F3N3O7S. The van der Waals surface area contributed by atoms with E-state index >= 15 is 0 Å². The van der Waals surface area contributed by atoms with Crippen LogP contribution in [0.25, 0.3) is 0 Å².